The van der Waals surface area contributed by atoms with Gasteiger partial charge in [-0.1, -0.05) is 72.8 Å². The van der Waals surface area contributed by atoms with Crippen LogP contribution in [0.3, 0.4) is 0 Å². The molecule has 0 atom stereocenters. The lowest BCUT2D eigenvalue weighted by molar-refractivity contribution is 0.0686. The number of hydrogen-bond acceptors (Lipinski definition) is 2. The van der Waals surface area contributed by atoms with Crippen LogP contribution < -0.4 is 0 Å². The van der Waals surface area contributed by atoms with Gasteiger partial charge in [0.25, 0.3) is 0 Å². The Labute approximate surface area is 179 Å². The second kappa shape index (κ2) is 7.26. The standard InChI is InChI=1S/C27H18O4/c28-26(29)22-11-5-3-9-18(22)21-14-13-19-17-8-2-1-7-16(17)15-24(19)25(21)20-10-4-6-12-23(20)27(30)31/h1-14H,15H2,(H,28,29)(H,30,31). The zero-order valence-electron chi connectivity index (χ0n) is 16.5. The highest BCUT2D eigenvalue weighted by molar-refractivity contribution is 6.05. The third-order valence-electron chi connectivity index (χ3n) is 5.86. The van der Waals surface area contributed by atoms with Crippen LogP contribution in [-0.2, 0) is 6.42 Å². The molecule has 4 heteroatoms. The van der Waals surface area contributed by atoms with Crippen molar-refractivity contribution in [1.29, 1.82) is 0 Å². The van der Waals surface area contributed by atoms with E-state index in [9.17, 15) is 19.8 Å². The van der Waals surface area contributed by atoms with E-state index in [4.69, 9.17) is 0 Å². The Morgan fingerprint density at radius 1 is 0.548 bits per heavy atom. The first-order valence-electron chi connectivity index (χ1n) is 9.96. The van der Waals surface area contributed by atoms with E-state index < -0.39 is 11.9 Å². The Balaban J connectivity index is 1.88. The summed E-state index contributed by atoms with van der Waals surface area (Å²) in [6.45, 7) is 0. The monoisotopic (exact) mass is 406 g/mol. The van der Waals surface area contributed by atoms with Gasteiger partial charge in [-0.25, -0.2) is 9.59 Å². The Morgan fingerprint density at radius 2 is 1.06 bits per heavy atom. The summed E-state index contributed by atoms with van der Waals surface area (Å²) in [4.78, 5) is 24.0. The van der Waals surface area contributed by atoms with E-state index in [-0.39, 0.29) is 11.1 Å². The SMILES string of the molecule is O=C(O)c1ccccc1-c1ccc2c(c1-c1ccccc1C(=O)O)Cc1ccccc1-2. The van der Waals surface area contributed by atoms with Gasteiger partial charge in [0.2, 0.25) is 0 Å². The largest absolute Gasteiger partial charge is 0.478 e. The summed E-state index contributed by atoms with van der Waals surface area (Å²) in [5.74, 6) is -2.03. The number of benzene rings is 4. The quantitative estimate of drug-likeness (QED) is 0.384. The van der Waals surface area contributed by atoms with Crippen LogP contribution in [0, 0.1) is 0 Å². The topological polar surface area (TPSA) is 74.6 Å². The van der Waals surface area contributed by atoms with Crippen molar-refractivity contribution in [2.24, 2.45) is 0 Å². The molecule has 5 rings (SSSR count). The zero-order valence-corrected chi connectivity index (χ0v) is 16.5. The first-order chi connectivity index (χ1) is 15.1. The van der Waals surface area contributed by atoms with Gasteiger partial charge >= 0.3 is 11.9 Å². The number of aromatic carboxylic acids is 2. The Hall–Kier alpha value is -4.18. The minimum atomic E-state index is -1.02. The van der Waals surface area contributed by atoms with Gasteiger partial charge in [-0.2, -0.15) is 0 Å². The highest BCUT2D eigenvalue weighted by atomic mass is 16.4. The fourth-order valence-corrected chi connectivity index (χ4v) is 4.54. The van der Waals surface area contributed by atoms with Crippen molar-refractivity contribution < 1.29 is 19.8 Å². The van der Waals surface area contributed by atoms with Crippen LogP contribution in [0.2, 0.25) is 0 Å². The Bertz CT molecular complexity index is 1370. The number of carboxylic acids is 2. The molecule has 0 aromatic heterocycles. The van der Waals surface area contributed by atoms with Crippen molar-refractivity contribution in [1.82, 2.24) is 0 Å². The van der Waals surface area contributed by atoms with Gasteiger partial charge in [0.05, 0.1) is 11.1 Å². The molecule has 0 heterocycles. The van der Waals surface area contributed by atoms with Gasteiger partial charge in [0.15, 0.2) is 0 Å². The van der Waals surface area contributed by atoms with Gasteiger partial charge in [0.1, 0.15) is 0 Å². The minimum absolute atomic E-state index is 0.187. The van der Waals surface area contributed by atoms with E-state index in [2.05, 4.69) is 12.1 Å². The van der Waals surface area contributed by atoms with Crippen LogP contribution in [0.1, 0.15) is 31.8 Å². The van der Waals surface area contributed by atoms with Crippen LogP contribution >= 0.6 is 0 Å². The molecule has 150 valence electrons. The molecule has 4 nitrogen and oxygen atoms in total. The van der Waals surface area contributed by atoms with Crippen molar-refractivity contribution in [3.63, 3.8) is 0 Å². The molecule has 4 aromatic rings. The predicted octanol–water partition coefficient (Wildman–Crippen LogP) is 5.99. The average molecular weight is 406 g/mol. The second-order valence-electron chi connectivity index (χ2n) is 7.55. The number of rotatable bonds is 4. The maximum Gasteiger partial charge on any atom is 0.336 e. The fraction of sp³-hybridized carbons (Fsp3) is 0.0370. The molecule has 1 aliphatic rings. The van der Waals surface area contributed by atoms with Crippen LogP contribution in [0.15, 0.2) is 84.9 Å². The van der Waals surface area contributed by atoms with Gasteiger partial charge in [-0.15, -0.1) is 0 Å². The van der Waals surface area contributed by atoms with E-state index in [1.54, 1.807) is 42.5 Å². The van der Waals surface area contributed by atoms with Gasteiger partial charge in [0, 0.05) is 0 Å². The maximum absolute atomic E-state index is 12.0. The summed E-state index contributed by atoms with van der Waals surface area (Å²) in [6.07, 6.45) is 0.665. The van der Waals surface area contributed by atoms with Gasteiger partial charge in [-0.3, -0.25) is 0 Å². The lowest BCUT2D eigenvalue weighted by atomic mass is 9.84. The second-order valence-corrected chi connectivity index (χ2v) is 7.55. The molecule has 0 unspecified atom stereocenters. The third kappa shape index (κ3) is 3.01. The van der Waals surface area contributed by atoms with Crippen molar-refractivity contribution in [3.8, 4) is 33.4 Å². The maximum atomic E-state index is 12.0. The fourth-order valence-electron chi connectivity index (χ4n) is 4.54. The smallest absolute Gasteiger partial charge is 0.336 e. The summed E-state index contributed by atoms with van der Waals surface area (Å²) in [5, 5.41) is 19.6. The summed E-state index contributed by atoms with van der Waals surface area (Å²) < 4.78 is 0. The van der Waals surface area contributed by atoms with Crippen molar-refractivity contribution in [3.05, 3.63) is 107 Å². The van der Waals surface area contributed by atoms with Crippen LogP contribution in [0.5, 0.6) is 0 Å². The third-order valence-corrected chi connectivity index (χ3v) is 5.86. The lowest BCUT2D eigenvalue weighted by Crippen LogP contribution is -2.04. The number of hydrogen-bond donors (Lipinski definition) is 2. The van der Waals surface area contributed by atoms with E-state index in [0.717, 1.165) is 27.8 Å². The molecule has 31 heavy (non-hydrogen) atoms. The predicted molar refractivity (Wildman–Crippen MR) is 119 cm³/mol. The van der Waals surface area contributed by atoms with Crippen molar-refractivity contribution >= 4 is 11.9 Å². The molecule has 0 bridgehead atoms. The summed E-state index contributed by atoms with van der Waals surface area (Å²) in [7, 11) is 0. The molecular weight excluding hydrogens is 388 g/mol. The molecule has 4 aromatic carbocycles. The van der Waals surface area contributed by atoms with Crippen molar-refractivity contribution in [2.45, 2.75) is 6.42 Å². The van der Waals surface area contributed by atoms with Gasteiger partial charge < -0.3 is 10.2 Å². The zero-order chi connectivity index (χ0) is 21.5. The molecule has 0 saturated heterocycles. The first kappa shape index (κ1) is 18.8. The minimum Gasteiger partial charge on any atom is -0.478 e. The molecule has 2 N–H and O–H groups in total. The molecular formula is C27H18O4. The summed E-state index contributed by atoms with van der Waals surface area (Å²) >= 11 is 0. The average Bonchev–Trinajstić information content (AvgIpc) is 3.17. The van der Waals surface area contributed by atoms with E-state index >= 15 is 0 Å². The molecule has 0 aliphatic heterocycles. The highest BCUT2D eigenvalue weighted by Crippen LogP contribution is 2.47. The lowest BCUT2D eigenvalue weighted by Gasteiger charge is -2.18. The first-order valence-corrected chi connectivity index (χ1v) is 9.96. The van der Waals surface area contributed by atoms with E-state index in [1.165, 1.54) is 5.56 Å². The molecule has 1 aliphatic carbocycles. The summed E-state index contributed by atoms with van der Waals surface area (Å²) in [5.41, 5.74) is 7.43. The molecule has 0 radical (unpaired) electrons. The molecule has 0 spiro atoms. The van der Waals surface area contributed by atoms with E-state index in [1.807, 2.05) is 30.3 Å². The number of carboxylic acid groups (broad SMARTS) is 2. The van der Waals surface area contributed by atoms with Crippen LogP contribution in [0.25, 0.3) is 33.4 Å². The molecule has 0 saturated carbocycles. The van der Waals surface area contributed by atoms with Crippen LogP contribution in [-0.4, -0.2) is 22.2 Å². The Morgan fingerprint density at radius 3 is 1.74 bits per heavy atom. The summed E-state index contributed by atoms with van der Waals surface area (Å²) in [6, 6.07) is 25.8. The van der Waals surface area contributed by atoms with E-state index in [0.29, 0.717) is 17.5 Å². The molecule has 0 fully saturated rings. The van der Waals surface area contributed by atoms with Crippen LogP contribution in [0.4, 0.5) is 0 Å². The van der Waals surface area contributed by atoms with Gasteiger partial charge in [-0.05, 0) is 63.1 Å². The Kier molecular flexibility index (Phi) is 4.41. The molecule has 0 amide bonds. The number of carbonyl (C=O) groups is 2. The van der Waals surface area contributed by atoms with Crippen molar-refractivity contribution in [2.75, 3.05) is 0 Å². The highest BCUT2D eigenvalue weighted by Gasteiger charge is 2.27. The normalized spacial score (nSPS) is 11.6. The number of fused-ring (bicyclic) bond motifs is 3.